The molecule has 4 rings (SSSR count). The number of nitrogens with zero attached hydrogens (tertiary/aromatic N) is 2. The van der Waals surface area contributed by atoms with Gasteiger partial charge in [-0.1, -0.05) is 0 Å². The quantitative estimate of drug-likeness (QED) is 0.841. The van der Waals surface area contributed by atoms with Crippen molar-refractivity contribution in [1.29, 1.82) is 0 Å². The Hall–Kier alpha value is -1.59. The van der Waals surface area contributed by atoms with Gasteiger partial charge in [0, 0.05) is 36.6 Å². The van der Waals surface area contributed by atoms with Gasteiger partial charge in [-0.05, 0) is 68.5 Å². The molecule has 2 fully saturated rings. The van der Waals surface area contributed by atoms with Crippen LogP contribution < -0.4 is 15.3 Å². The van der Waals surface area contributed by atoms with E-state index in [1.807, 2.05) is 11.5 Å². The average molecular weight is 364 g/mol. The molecular formula is C19H23ClFN3O. The summed E-state index contributed by atoms with van der Waals surface area (Å²) in [5.74, 6) is 0.173. The van der Waals surface area contributed by atoms with E-state index in [2.05, 4.69) is 16.7 Å². The highest BCUT2D eigenvalue weighted by Crippen LogP contribution is 2.40. The van der Waals surface area contributed by atoms with Crippen molar-refractivity contribution in [2.24, 2.45) is 5.92 Å². The fourth-order valence-corrected chi connectivity index (χ4v) is 4.33. The number of aryl methyl sites for hydroxylation is 1. The summed E-state index contributed by atoms with van der Waals surface area (Å²) in [6.45, 7) is 5.56. The molecule has 1 saturated heterocycles. The molecule has 0 amide bonds. The SMILES string of the molecule is Cc1c(N2CC[C@@H]([C@H](C)NCl)C2)c(F)cc2ccc(=O)n(C3CC3)c12. The zero-order chi connectivity index (χ0) is 17.7. The highest BCUT2D eigenvalue weighted by molar-refractivity contribution is 6.13. The largest absolute Gasteiger partial charge is 0.369 e. The van der Waals surface area contributed by atoms with E-state index in [4.69, 9.17) is 11.8 Å². The van der Waals surface area contributed by atoms with Crippen LogP contribution in [0.1, 0.15) is 37.8 Å². The Morgan fingerprint density at radius 1 is 1.32 bits per heavy atom. The normalized spacial score (nSPS) is 21.9. The molecule has 1 saturated carbocycles. The average Bonchev–Trinajstić information content (AvgIpc) is 3.32. The fraction of sp³-hybridized carbons (Fsp3) is 0.526. The Kier molecular flexibility index (Phi) is 4.24. The van der Waals surface area contributed by atoms with Gasteiger partial charge in [0.15, 0.2) is 0 Å². The van der Waals surface area contributed by atoms with E-state index in [1.165, 1.54) is 0 Å². The minimum Gasteiger partial charge on any atom is -0.369 e. The second-order valence-electron chi connectivity index (χ2n) is 7.44. The predicted octanol–water partition coefficient (Wildman–Crippen LogP) is 3.74. The lowest BCUT2D eigenvalue weighted by atomic mass is 10.0. The van der Waals surface area contributed by atoms with Crippen LogP contribution >= 0.6 is 11.8 Å². The summed E-state index contributed by atoms with van der Waals surface area (Å²) in [4.78, 5) is 17.3. The summed E-state index contributed by atoms with van der Waals surface area (Å²) in [5, 5.41) is 0.803. The van der Waals surface area contributed by atoms with E-state index in [0.29, 0.717) is 11.6 Å². The zero-order valence-electron chi connectivity index (χ0n) is 14.6. The molecule has 4 nitrogen and oxygen atoms in total. The van der Waals surface area contributed by atoms with Gasteiger partial charge in [0.05, 0.1) is 11.2 Å². The Bertz CT molecular complexity index is 877. The van der Waals surface area contributed by atoms with Gasteiger partial charge in [-0.25, -0.2) is 9.23 Å². The number of benzene rings is 1. The number of pyridine rings is 1. The highest BCUT2D eigenvalue weighted by Gasteiger charge is 2.31. The molecule has 2 aromatic rings. The van der Waals surface area contributed by atoms with E-state index < -0.39 is 0 Å². The highest BCUT2D eigenvalue weighted by atomic mass is 35.5. The summed E-state index contributed by atoms with van der Waals surface area (Å²) in [7, 11) is 0. The maximum Gasteiger partial charge on any atom is 0.251 e. The van der Waals surface area contributed by atoms with Gasteiger partial charge in [-0.15, -0.1) is 0 Å². The lowest BCUT2D eigenvalue weighted by Crippen LogP contribution is -2.30. The first-order chi connectivity index (χ1) is 12.0. The number of halogens is 2. The summed E-state index contributed by atoms with van der Waals surface area (Å²) >= 11 is 5.77. The molecule has 0 bridgehead atoms. The Labute approximate surface area is 151 Å². The third-order valence-electron chi connectivity index (χ3n) is 5.71. The second kappa shape index (κ2) is 6.29. The molecule has 0 unspecified atom stereocenters. The minimum absolute atomic E-state index is 0.00918. The van der Waals surface area contributed by atoms with Crippen LogP contribution in [0.2, 0.25) is 0 Å². The standard InChI is InChI=1S/C19H23ClFN3O/c1-11-18-13(3-6-17(25)24(18)15-4-5-15)9-16(21)19(11)23-8-7-14(10-23)12(2)22-20/h3,6,9,12,14-15,22H,4-5,7-8,10H2,1-2H3/t12-,14+/m0/s1. The monoisotopic (exact) mass is 363 g/mol. The molecule has 6 heteroatoms. The molecule has 2 atom stereocenters. The van der Waals surface area contributed by atoms with Crippen LogP contribution in [0.25, 0.3) is 10.9 Å². The Balaban J connectivity index is 1.82. The molecule has 1 aromatic carbocycles. The third kappa shape index (κ3) is 2.83. The first-order valence-electron chi connectivity index (χ1n) is 8.96. The first-order valence-corrected chi connectivity index (χ1v) is 9.34. The van der Waals surface area contributed by atoms with Crippen LogP contribution in [0.4, 0.5) is 10.1 Å². The van der Waals surface area contributed by atoms with Crippen LogP contribution in [0, 0.1) is 18.7 Å². The molecular weight excluding hydrogens is 341 g/mol. The smallest absolute Gasteiger partial charge is 0.251 e. The Morgan fingerprint density at radius 2 is 2.08 bits per heavy atom. The number of fused-ring (bicyclic) bond motifs is 1. The Morgan fingerprint density at radius 3 is 2.76 bits per heavy atom. The van der Waals surface area contributed by atoms with E-state index >= 15 is 0 Å². The summed E-state index contributed by atoms with van der Waals surface area (Å²) < 4.78 is 16.8. The van der Waals surface area contributed by atoms with Crippen molar-refractivity contribution in [1.82, 2.24) is 9.40 Å². The van der Waals surface area contributed by atoms with Crippen molar-refractivity contribution in [3.8, 4) is 0 Å². The van der Waals surface area contributed by atoms with Crippen molar-refractivity contribution in [3.63, 3.8) is 0 Å². The van der Waals surface area contributed by atoms with E-state index in [1.54, 1.807) is 18.2 Å². The fourth-order valence-electron chi connectivity index (χ4n) is 4.15. The topological polar surface area (TPSA) is 37.3 Å². The lowest BCUT2D eigenvalue weighted by molar-refractivity contribution is 0.461. The zero-order valence-corrected chi connectivity index (χ0v) is 15.3. The number of nitrogens with one attached hydrogen (secondary N) is 1. The first kappa shape index (κ1) is 16.9. The van der Waals surface area contributed by atoms with Crippen molar-refractivity contribution >= 4 is 28.4 Å². The number of anilines is 1. The van der Waals surface area contributed by atoms with Crippen molar-refractivity contribution in [2.75, 3.05) is 18.0 Å². The summed E-state index contributed by atoms with van der Waals surface area (Å²) in [6.07, 6.45) is 3.02. The molecule has 1 N–H and O–H groups in total. The molecule has 1 aliphatic heterocycles. The number of hydrogen-bond acceptors (Lipinski definition) is 3. The van der Waals surface area contributed by atoms with Gasteiger partial charge >= 0.3 is 0 Å². The molecule has 134 valence electrons. The second-order valence-corrected chi connectivity index (χ2v) is 7.65. The number of rotatable bonds is 4. The van der Waals surface area contributed by atoms with Gasteiger partial charge in [0.2, 0.25) is 0 Å². The van der Waals surface area contributed by atoms with Crippen LogP contribution in [0.5, 0.6) is 0 Å². The molecule has 0 spiro atoms. The van der Waals surface area contributed by atoms with Gasteiger partial charge < -0.3 is 9.47 Å². The molecule has 1 aromatic heterocycles. The van der Waals surface area contributed by atoms with Gasteiger partial charge in [-0.2, -0.15) is 0 Å². The van der Waals surface area contributed by atoms with Gasteiger partial charge in [0.25, 0.3) is 5.56 Å². The van der Waals surface area contributed by atoms with Crippen LogP contribution in [-0.4, -0.2) is 23.7 Å². The summed E-state index contributed by atoms with van der Waals surface area (Å²) in [5.41, 5.74) is 2.40. The molecule has 2 heterocycles. The maximum atomic E-state index is 14.9. The minimum atomic E-state index is -0.210. The van der Waals surface area contributed by atoms with Crippen LogP contribution in [-0.2, 0) is 0 Å². The van der Waals surface area contributed by atoms with E-state index in [-0.39, 0.29) is 23.5 Å². The van der Waals surface area contributed by atoms with E-state index in [0.717, 1.165) is 48.8 Å². The van der Waals surface area contributed by atoms with Crippen molar-refractivity contribution in [2.45, 2.75) is 45.2 Å². The van der Waals surface area contributed by atoms with Gasteiger partial charge in [0.1, 0.15) is 5.82 Å². The number of aromatic nitrogens is 1. The molecule has 2 aliphatic rings. The van der Waals surface area contributed by atoms with Crippen LogP contribution in [0.3, 0.4) is 0 Å². The molecule has 1 aliphatic carbocycles. The molecule has 0 radical (unpaired) electrons. The molecule has 25 heavy (non-hydrogen) atoms. The van der Waals surface area contributed by atoms with Crippen LogP contribution in [0.15, 0.2) is 23.0 Å². The third-order valence-corrected chi connectivity index (χ3v) is 6.05. The lowest BCUT2D eigenvalue weighted by Gasteiger charge is -2.25. The van der Waals surface area contributed by atoms with Crippen molar-refractivity contribution in [3.05, 3.63) is 39.9 Å². The van der Waals surface area contributed by atoms with Gasteiger partial charge in [-0.3, -0.25) is 4.79 Å². The predicted molar refractivity (Wildman–Crippen MR) is 99.9 cm³/mol. The maximum absolute atomic E-state index is 14.9. The number of hydrogen-bond donors (Lipinski definition) is 1. The summed E-state index contributed by atoms with van der Waals surface area (Å²) in [6, 6.07) is 5.31. The van der Waals surface area contributed by atoms with E-state index in [9.17, 15) is 9.18 Å². The van der Waals surface area contributed by atoms with Crippen molar-refractivity contribution < 1.29 is 4.39 Å².